The van der Waals surface area contributed by atoms with Gasteiger partial charge in [-0.2, -0.15) is 0 Å². The van der Waals surface area contributed by atoms with Crippen LogP contribution in [0.4, 0.5) is 5.69 Å². The summed E-state index contributed by atoms with van der Waals surface area (Å²) < 4.78 is 0. The SMILES string of the molecule is CC1Cc2ccccc2N1C(=O)c1cncc(C(=O)N2CCc3ccccc3C2)c1. The van der Waals surface area contributed by atoms with Crippen molar-refractivity contribution < 1.29 is 9.59 Å². The van der Waals surface area contributed by atoms with Crippen LogP contribution in [0.2, 0.25) is 0 Å². The first kappa shape index (κ1) is 18.6. The summed E-state index contributed by atoms with van der Waals surface area (Å²) in [6, 6.07) is 18.0. The largest absolute Gasteiger partial charge is 0.334 e. The van der Waals surface area contributed by atoms with E-state index < -0.39 is 0 Å². The minimum Gasteiger partial charge on any atom is -0.334 e. The van der Waals surface area contributed by atoms with E-state index in [1.165, 1.54) is 16.7 Å². The number of nitrogens with zero attached hydrogens (tertiary/aromatic N) is 3. The number of hydrogen-bond acceptors (Lipinski definition) is 3. The molecule has 0 fully saturated rings. The first-order valence-corrected chi connectivity index (χ1v) is 10.3. The summed E-state index contributed by atoms with van der Waals surface area (Å²) in [5, 5.41) is 0. The average Bonchev–Trinajstić information content (AvgIpc) is 3.13. The standard InChI is InChI=1S/C25H23N3O2/c1-17-12-19-7-4-5-9-23(19)28(17)25(30)22-13-21(14-26-15-22)24(29)27-11-10-18-6-2-3-8-20(18)16-27/h2-9,13-15,17H,10-12,16H2,1H3. The van der Waals surface area contributed by atoms with E-state index in [9.17, 15) is 9.59 Å². The maximum Gasteiger partial charge on any atom is 0.260 e. The van der Waals surface area contributed by atoms with Crippen LogP contribution in [0.25, 0.3) is 0 Å². The molecule has 1 aromatic heterocycles. The molecule has 3 heterocycles. The van der Waals surface area contributed by atoms with E-state index in [-0.39, 0.29) is 17.9 Å². The van der Waals surface area contributed by atoms with Gasteiger partial charge in [0.05, 0.1) is 11.1 Å². The van der Waals surface area contributed by atoms with Crippen LogP contribution in [0.15, 0.2) is 67.0 Å². The van der Waals surface area contributed by atoms with Gasteiger partial charge in [-0.25, -0.2) is 0 Å². The molecule has 2 amide bonds. The quantitative estimate of drug-likeness (QED) is 0.660. The lowest BCUT2D eigenvalue weighted by Crippen LogP contribution is -2.37. The highest BCUT2D eigenvalue weighted by molar-refractivity contribution is 6.08. The van der Waals surface area contributed by atoms with E-state index >= 15 is 0 Å². The zero-order chi connectivity index (χ0) is 20.7. The Hall–Kier alpha value is -3.47. The maximum absolute atomic E-state index is 13.3. The summed E-state index contributed by atoms with van der Waals surface area (Å²) in [6.45, 7) is 3.31. The first-order valence-electron chi connectivity index (χ1n) is 10.3. The van der Waals surface area contributed by atoms with E-state index in [1.807, 2.05) is 47.1 Å². The molecule has 0 aliphatic carbocycles. The lowest BCUT2D eigenvalue weighted by molar-refractivity contribution is 0.0734. The molecular formula is C25H23N3O2. The maximum atomic E-state index is 13.3. The highest BCUT2D eigenvalue weighted by Gasteiger charge is 2.32. The van der Waals surface area contributed by atoms with Gasteiger partial charge in [0, 0.05) is 37.2 Å². The monoisotopic (exact) mass is 397 g/mol. The van der Waals surface area contributed by atoms with Gasteiger partial charge in [0.1, 0.15) is 0 Å². The number of fused-ring (bicyclic) bond motifs is 2. The Labute approximate surface area is 176 Å². The van der Waals surface area contributed by atoms with E-state index in [0.29, 0.717) is 24.2 Å². The smallest absolute Gasteiger partial charge is 0.260 e. The predicted molar refractivity (Wildman–Crippen MR) is 116 cm³/mol. The highest BCUT2D eigenvalue weighted by Crippen LogP contribution is 2.33. The fraction of sp³-hybridized carbons (Fsp3) is 0.240. The Morgan fingerprint density at radius 3 is 2.37 bits per heavy atom. The summed E-state index contributed by atoms with van der Waals surface area (Å²) in [5.41, 5.74) is 5.50. The minimum absolute atomic E-state index is 0.0767. The number of para-hydroxylation sites is 1. The molecule has 0 spiro atoms. The Balaban J connectivity index is 1.40. The van der Waals surface area contributed by atoms with Crippen molar-refractivity contribution in [2.45, 2.75) is 32.4 Å². The topological polar surface area (TPSA) is 53.5 Å². The number of amides is 2. The van der Waals surface area contributed by atoms with Crippen LogP contribution in [0, 0.1) is 0 Å². The molecule has 2 aliphatic heterocycles. The fourth-order valence-corrected chi connectivity index (χ4v) is 4.54. The molecule has 2 aliphatic rings. The molecule has 0 N–H and O–H groups in total. The minimum atomic E-state index is -0.112. The van der Waals surface area contributed by atoms with Crippen molar-refractivity contribution in [2.24, 2.45) is 0 Å². The van der Waals surface area contributed by atoms with Crippen molar-refractivity contribution in [1.82, 2.24) is 9.88 Å². The zero-order valence-corrected chi connectivity index (χ0v) is 16.9. The van der Waals surface area contributed by atoms with E-state index in [4.69, 9.17) is 0 Å². The van der Waals surface area contributed by atoms with Crippen LogP contribution in [0.1, 0.15) is 44.3 Å². The average molecular weight is 397 g/mol. The fourth-order valence-electron chi connectivity index (χ4n) is 4.54. The van der Waals surface area contributed by atoms with Gasteiger partial charge < -0.3 is 9.80 Å². The van der Waals surface area contributed by atoms with Gasteiger partial charge in [-0.15, -0.1) is 0 Å². The predicted octanol–water partition coefficient (Wildman–Crippen LogP) is 3.87. The Morgan fingerprint density at radius 2 is 1.57 bits per heavy atom. The summed E-state index contributed by atoms with van der Waals surface area (Å²) in [5.74, 6) is -0.194. The van der Waals surface area contributed by atoms with E-state index in [2.05, 4.69) is 23.2 Å². The third-order valence-corrected chi connectivity index (χ3v) is 6.08. The lowest BCUT2D eigenvalue weighted by Gasteiger charge is -2.29. The van der Waals surface area contributed by atoms with Crippen LogP contribution in [-0.2, 0) is 19.4 Å². The normalized spacial score (nSPS) is 17.4. The van der Waals surface area contributed by atoms with Crippen molar-refractivity contribution in [2.75, 3.05) is 11.4 Å². The molecule has 5 heteroatoms. The van der Waals surface area contributed by atoms with Gasteiger partial charge in [0.25, 0.3) is 11.8 Å². The third kappa shape index (κ3) is 3.16. The molecule has 0 radical (unpaired) electrons. The second kappa shape index (κ2) is 7.41. The van der Waals surface area contributed by atoms with Crippen LogP contribution >= 0.6 is 0 Å². The number of hydrogen-bond donors (Lipinski definition) is 0. The number of rotatable bonds is 2. The Morgan fingerprint density at radius 1 is 0.900 bits per heavy atom. The first-order chi connectivity index (χ1) is 14.6. The number of anilines is 1. The van der Waals surface area contributed by atoms with E-state index in [1.54, 1.807) is 18.5 Å². The zero-order valence-electron chi connectivity index (χ0n) is 16.9. The van der Waals surface area contributed by atoms with Crippen molar-refractivity contribution >= 4 is 17.5 Å². The Kier molecular flexibility index (Phi) is 4.58. The molecule has 30 heavy (non-hydrogen) atoms. The molecule has 1 unspecified atom stereocenters. The van der Waals surface area contributed by atoms with Gasteiger partial charge in [-0.05, 0) is 48.6 Å². The number of carbonyl (C=O) groups is 2. The molecule has 0 saturated carbocycles. The van der Waals surface area contributed by atoms with Crippen molar-refractivity contribution in [3.63, 3.8) is 0 Å². The van der Waals surface area contributed by atoms with Crippen molar-refractivity contribution in [1.29, 1.82) is 0 Å². The molecule has 2 aromatic carbocycles. The molecule has 3 aromatic rings. The number of carbonyl (C=O) groups excluding carboxylic acids is 2. The van der Waals surface area contributed by atoms with E-state index in [0.717, 1.165) is 18.5 Å². The molecule has 1 atom stereocenters. The van der Waals surface area contributed by atoms with Crippen molar-refractivity contribution in [3.8, 4) is 0 Å². The van der Waals surface area contributed by atoms with Gasteiger partial charge in [0.15, 0.2) is 0 Å². The molecule has 5 rings (SSSR count). The van der Waals surface area contributed by atoms with Crippen molar-refractivity contribution in [3.05, 3.63) is 94.8 Å². The molecule has 5 nitrogen and oxygen atoms in total. The van der Waals surface area contributed by atoms with Crippen LogP contribution in [0.3, 0.4) is 0 Å². The summed E-state index contributed by atoms with van der Waals surface area (Å²) in [6.07, 6.45) is 4.79. The van der Waals surface area contributed by atoms with Gasteiger partial charge >= 0.3 is 0 Å². The molecule has 0 bridgehead atoms. The molecule has 150 valence electrons. The second-order valence-corrected chi connectivity index (χ2v) is 8.06. The lowest BCUT2D eigenvalue weighted by atomic mass is 9.99. The van der Waals surface area contributed by atoms with Crippen LogP contribution in [-0.4, -0.2) is 34.3 Å². The number of pyridine rings is 1. The summed E-state index contributed by atoms with van der Waals surface area (Å²) in [4.78, 5) is 34.3. The summed E-state index contributed by atoms with van der Waals surface area (Å²) in [7, 11) is 0. The van der Waals surface area contributed by atoms with Gasteiger partial charge in [-0.1, -0.05) is 42.5 Å². The molecular weight excluding hydrogens is 374 g/mol. The van der Waals surface area contributed by atoms with Crippen LogP contribution in [0.5, 0.6) is 0 Å². The third-order valence-electron chi connectivity index (χ3n) is 6.08. The van der Waals surface area contributed by atoms with Crippen LogP contribution < -0.4 is 4.90 Å². The molecule has 0 saturated heterocycles. The number of aromatic nitrogens is 1. The number of benzene rings is 2. The second-order valence-electron chi connectivity index (χ2n) is 8.06. The van der Waals surface area contributed by atoms with Gasteiger partial charge in [0.2, 0.25) is 0 Å². The highest BCUT2D eigenvalue weighted by atomic mass is 16.2. The van der Waals surface area contributed by atoms with Gasteiger partial charge in [-0.3, -0.25) is 14.6 Å². The summed E-state index contributed by atoms with van der Waals surface area (Å²) >= 11 is 0. The Bertz CT molecular complexity index is 1140.